The topological polar surface area (TPSA) is 90.7 Å². The van der Waals surface area contributed by atoms with Crippen molar-refractivity contribution in [2.24, 2.45) is 0 Å². The van der Waals surface area contributed by atoms with Crippen molar-refractivity contribution in [1.29, 1.82) is 5.26 Å². The molecule has 1 aromatic carbocycles. The van der Waals surface area contributed by atoms with Crippen LogP contribution >= 0.6 is 0 Å². The predicted octanol–water partition coefficient (Wildman–Crippen LogP) is 4.67. The Bertz CT molecular complexity index is 1180. The van der Waals surface area contributed by atoms with Gasteiger partial charge in [-0.05, 0) is 49.9 Å². The van der Waals surface area contributed by atoms with Gasteiger partial charge in [-0.2, -0.15) is 18.4 Å². The van der Waals surface area contributed by atoms with E-state index in [0.717, 1.165) is 6.07 Å². The first kappa shape index (κ1) is 21.6. The molecule has 0 bridgehead atoms. The maximum absolute atomic E-state index is 13.3. The standard InChI is InChI=1S/C23H20F3N5O/c24-23(25,26)21-12-20(17-5-1-2-6-18(17)31-21)28-14-8-10-15(11-9-14)30-22(32)19-7-3-4-16(13-27)29-19/h1-7,12,14-15H,8-11H2,(H,28,31)(H,30,32)/t14-,15+. The van der Waals surface area contributed by atoms with Crippen LogP contribution in [0.3, 0.4) is 0 Å². The highest BCUT2D eigenvalue weighted by atomic mass is 19.4. The van der Waals surface area contributed by atoms with Gasteiger partial charge in [-0.3, -0.25) is 4.79 Å². The molecule has 1 amide bonds. The van der Waals surface area contributed by atoms with Crippen LogP contribution in [0.5, 0.6) is 0 Å². The van der Waals surface area contributed by atoms with Crippen LogP contribution in [0.25, 0.3) is 10.9 Å². The molecule has 1 aliphatic rings. The maximum Gasteiger partial charge on any atom is 0.433 e. The second-order valence-corrected chi connectivity index (χ2v) is 7.76. The Labute approximate surface area is 182 Å². The number of amides is 1. The molecule has 0 atom stereocenters. The Kier molecular flexibility index (Phi) is 5.95. The van der Waals surface area contributed by atoms with Crippen LogP contribution in [-0.2, 0) is 6.18 Å². The van der Waals surface area contributed by atoms with Gasteiger partial charge in [-0.1, -0.05) is 24.3 Å². The summed E-state index contributed by atoms with van der Waals surface area (Å²) in [4.78, 5) is 20.2. The Hall–Kier alpha value is -3.67. The Morgan fingerprint density at radius 3 is 2.44 bits per heavy atom. The quantitative estimate of drug-likeness (QED) is 0.616. The smallest absolute Gasteiger partial charge is 0.382 e. The molecule has 9 heteroatoms. The minimum atomic E-state index is -4.53. The van der Waals surface area contributed by atoms with E-state index in [2.05, 4.69) is 20.6 Å². The van der Waals surface area contributed by atoms with Gasteiger partial charge >= 0.3 is 6.18 Å². The number of benzene rings is 1. The number of rotatable bonds is 4. The molecule has 1 aliphatic carbocycles. The van der Waals surface area contributed by atoms with Crippen molar-refractivity contribution in [3.8, 4) is 6.07 Å². The van der Waals surface area contributed by atoms with E-state index in [0.29, 0.717) is 36.8 Å². The number of fused-ring (bicyclic) bond motifs is 1. The summed E-state index contributed by atoms with van der Waals surface area (Å²) in [5.74, 6) is -0.339. The normalized spacial score (nSPS) is 18.7. The Morgan fingerprint density at radius 1 is 1.00 bits per heavy atom. The van der Waals surface area contributed by atoms with Gasteiger partial charge in [0, 0.05) is 23.2 Å². The summed E-state index contributed by atoms with van der Waals surface area (Å²) in [5.41, 5.74) is 0.137. The number of carbonyl (C=O) groups is 1. The molecule has 0 aliphatic heterocycles. The highest BCUT2D eigenvalue weighted by Gasteiger charge is 2.34. The minimum absolute atomic E-state index is 0.0184. The average molecular weight is 439 g/mol. The molecule has 0 saturated heterocycles. The number of aromatic nitrogens is 2. The molecule has 1 saturated carbocycles. The molecule has 3 aromatic rings. The van der Waals surface area contributed by atoms with Gasteiger partial charge < -0.3 is 10.6 Å². The van der Waals surface area contributed by atoms with E-state index >= 15 is 0 Å². The van der Waals surface area contributed by atoms with Crippen molar-refractivity contribution >= 4 is 22.5 Å². The van der Waals surface area contributed by atoms with Crippen molar-refractivity contribution in [2.45, 2.75) is 43.9 Å². The molecule has 0 unspecified atom stereocenters. The average Bonchev–Trinajstić information content (AvgIpc) is 2.79. The lowest BCUT2D eigenvalue weighted by molar-refractivity contribution is -0.140. The van der Waals surface area contributed by atoms with E-state index in [1.807, 2.05) is 6.07 Å². The van der Waals surface area contributed by atoms with Crippen molar-refractivity contribution in [1.82, 2.24) is 15.3 Å². The van der Waals surface area contributed by atoms with Crippen LogP contribution in [0.1, 0.15) is 47.6 Å². The molecule has 0 radical (unpaired) electrons. The second kappa shape index (κ2) is 8.83. The fourth-order valence-electron chi connectivity index (χ4n) is 3.92. The molecule has 6 nitrogen and oxygen atoms in total. The van der Waals surface area contributed by atoms with E-state index in [9.17, 15) is 18.0 Å². The fourth-order valence-corrected chi connectivity index (χ4v) is 3.92. The van der Waals surface area contributed by atoms with Crippen molar-refractivity contribution in [3.05, 3.63) is 65.6 Å². The number of halogens is 3. The third kappa shape index (κ3) is 4.80. The van der Waals surface area contributed by atoms with E-state index in [1.165, 1.54) is 6.07 Å². The molecule has 1 fully saturated rings. The molecule has 0 spiro atoms. The zero-order valence-corrected chi connectivity index (χ0v) is 17.0. The zero-order chi connectivity index (χ0) is 22.7. The SMILES string of the molecule is N#Cc1cccc(C(=O)N[C@H]2CC[C@@H](Nc3cc(C(F)(F)F)nc4ccccc34)CC2)n1. The summed E-state index contributed by atoms with van der Waals surface area (Å²) >= 11 is 0. The van der Waals surface area contributed by atoms with Crippen LogP contribution in [0.2, 0.25) is 0 Å². The summed E-state index contributed by atoms with van der Waals surface area (Å²) in [6.07, 6.45) is -1.80. The largest absolute Gasteiger partial charge is 0.433 e. The van der Waals surface area contributed by atoms with E-state index < -0.39 is 11.9 Å². The van der Waals surface area contributed by atoms with Crippen LogP contribution in [0.15, 0.2) is 48.5 Å². The molecule has 2 heterocycles. The van der Waals surface area contributed by atoms with Gasteiger partial charge in [0.15, 0.2) is 0 Å². The molecule has 32 heavy (non-hydrogen) atoms. The first-order valence-corrected chi connectivity index (χ1v) is 10.2. The molecular formula is C23H20F3N5O. The van der Waals surface area contributed by atoms with Crippen LogP contribution < -0.4 is 10.6 Å². The minimum Gasteiger partial charge on any atom is -0.382 e. The first-order valence-electron chi connectivity index (χ1n) is 10.2. The first-order chi connectivity index (χ1) is 15.3. The number of nitriles is 1. The molecular weight excluding hydrogens is 419 g/mol. The summed E-state index contributed by atoms with van der Waals surface area (Å²) < 4.78 is 39.8. The van der Waals surface area contributed by atoms with Gasteiger partial charge in [-0.25, -0.2) is 9.97 Å². The number of nitrogens with zero attached hydrogens (tertiary/aromatic N) is 3. The lowest BCUT2D eigenvalue weighted by Crippen LogP contribution is -2.40. The molecule has 4 rings (SSSR count). The van der Waals surface area contributed by atoms with Gasteiger partial charge in [0.2, 0.25) is 0 Å². The number of pyridine rings is 2. The molecule has 2 aromatic heterocycles. The third-order valence-electron chi connectivity index (χ3n) is 5.52. The van der Waals surface area contributed by atoms with Crippen molar-refractivity contribution in [3.63, 3.8) is 0 Å². The number of anilines is 1. The lowest BCUT2D eigenvalue weighted by atomic mass is 9.90. The summed E-state index contributed by atoms with van der Waals surface area (Å²) in [7, 11) is 0. The highest BCUT2D eigenvalue weighted by Crippen LogP contribution is 2.34. The van der Waals surface area contributed by atoms with E-state index in [4.69, 9.17) is 5.26 Å². The molecule has 2 N–H and O–H groups in total. The van der Waals surface area contributed by atoms with Crippen LogP contribution in [0.4, 0.5) is 18.9 Å². The lowest BCUT2D eigenvalue weighted by Gasteiger charge is -2.30. The number of nitrogens with one attached hydrogen (secondary N) is 2. The van der Waals surface area contributed by atoms with Gasteiger partial charge in [-0.15, -0.1) is 0 Å². The third-order valence-corrected chi connectivity index (χ3v) is 5.52. The number of carbonyl (C=O) groups excluding carboxylic acids is 1. The Morgan fingerprint density at radius 2 is 1.72 bits per heavy atom. The van der Waals surface area contributed by atoms with Gasteiger partial charge in [0.05, 0.1) is 5.52 Å². The van der Waals surface area contributed by atoms with Gasteiger partial charge in [0.25, 0.3) is 5.91 Å². The summed E-state index contributed by atoms with van der Waals surface area (Å²) in [6, 6.07) is 14.3. The number of hydrogen-bond acceptors (Lipinski definition) is 5. The van der Waals surface area contributed by atoms with Crippen LogP contribution in [0, 0.1) is 11.3 Å². The van der Waals surface area contributed by atoms with Crippen LogP contribution in [-0.4, -0.2) is 28.0 Å². The van der Waals surface area contributed by atoms with Gasteiger partial charge in [0.1, 0.15) is 23.2 Å². The number of para-hydroxylation sites is 1. The Balaban J connectivity index is 1.41. The fraction of sp³-hybridized carbons (Fsp3) is 0.304. The second-order valence-electron chi connectivity index (χ2n) is 7.76. The highest BCUT2D eigenvalue weighted by molar-refractivity contribution is 5.93. The number of hydrogen-bond donors (Lipinski definition) is 2. The maximum atomic E-state index is 13.3. The van der Waals surface area contributed by atoms with E-state index in [-0.39, 0.29) is 34.9 Å². The molecule has 164 valence electrons. The monoisotopic (exact) mass is 439 g/mol. The zero-order valence-electron chi connectivity index (χ0n) is 17.0. The van der Waals surface area contributed by atoms with Crippen molar-refractivity contribution < 1.29 is 18.0 Å². The number of alkyl halides is 3. The summed E-state index contributed by atoms with van der Waals surface area (Å²) in [6.45, 7) is 0. The summed E-state index contributed by atoms with van der Waals surface area (Å²) in [5, 5.41) is 15.8. The predicted molar refractivity (Wildman–Crippen MR) is 113 cm³/mol. The van der Waals surface area contributed by atoms with E-state index in [1.54, 1.807) is 36.4 Å². The van der Waals surface area contributed by atoms with Crippen molar-refractivity contribution in [2.75, 3.05) is 5.32 Å².